The molecule has 0 radical (unpaired) electrons. The van der Waals surface area contributed by atoms with Gasteiger partial charge in [0.25, 0.3) is 0 Å². The van der Waals surface area contributed by atoms with Crippen molar-refractivity contribution in [2.45, 2.75) is 24.6 Å². The Morgan fingerprint density at radius 3 is 2.42 bits per heavy atom. The molecule has 0 spiro atoms. The number of piperidine rings is 1. The Kier molecular flexibility index (Phi) is 4.69. The van der Waals surface area contributed by atoms with Gasteiger partial charge in [0.1, 0.15) is 12.4 Å². The van der Waals surface area contributed by atoms with E-state index in [1.165, 1.54) is 0 Å². The van der Waals surface area contributed by atoms with E-state index < -0.39 is 11.8 Å². The molecule has 1 N–H and O–H groups in total. The van der Waals surface area contributed by atoms with E-state index in [1.807, 2.05) is 47.4 Å². The summed E-state index contributed by atoms with van der Waals surface area (Å²) >= 11 is 0. The van der Waals surface area contributed by atoms with E-state index in [2.05, 4.69) is 0 Å². The lowest BCUT2D eigenvalue weighted by Gasteiger charge is -2.39. The normalized spacial score (nSPS) is 18.7. The highest BCUT2D eigenvalue weighted by atomic mass is 19.4. The molecule has 2 aromatic carbocycles. The van der Waals surface area contributed by atoms with Gasteiger partial charge >= 0.3 is 6.18 Å². The molecule has 1 heterocycles. The second-order valence-corrected chi connectivity index (χ2v) is 6.20. The topological polar surface area (TPSA) is 32.7 Å². The Labute approximate surface area is 138 Å². The van der Waals surface area contributed by atoms with Gasteiger partial charge in [0.15, 0.2) is 5.60 Å². The van der Waals surface area contributed by atoms with Crippen LogP contribution in [0.4, 0.5) is 13.2 Å². The number of hydrogen-bond donors (Lipinski definition) is 1. The molecule has 0 unspecified atom stereocenters. The van der Waals surface area contributed by atoms with E-state index in [0.717, 1.165) is 16.5 Å². The van der Waals surface area contributed by atoms with Crippen molar-refractivity contribution in [1.82, 2.24) is 4.90 Å². The smallest absolute Gasteiger partial charge is 0.417 e. The number of nitrogens with zero attached hydrogens (tertiary/aromatic N) is 1. The molecule has 1 aliphatic heterocycles. The van der Waals surface area contributed by atoms with Crippen LogP contribution in [-0.2, 0) is 0 Å². The maximum Gasteiger partial charge on any atom is 0.417 e. The van der Waals surface area contributed by atoms with Gasteiger partial charge in [0.05, 0.1) is 0 Å². The third-order valence-electron chi connectivity index (χ3n) is 4.63. The summed E-state index contributed by atoms with van der Waals surface area (Å²) in [5.74, 6) is 0.775. The summed E-state index contributed by atoms with van der Waals surface area (Å²) in [5, 5.41) is 11.8. The van der Waals surface area contributed by atoms with Gasteiger partial charge in [-0.1, -0.05) is 36.4 Å². The number of aliphatic hydroxyl groups is 1. The van der Waals surface area contributed by atoms with Gasteiger partial charge in [-0.3, -0.25) is 4.90 Å². The Balaban J connectivity index is 1.53. The van der Waals surface area contributed by atoms with Crippen LogP contribution in [0.5, 0.6) is 5.75 Å². The molecule has 1 fully saturated rings. The Morgan fingerprint density at radius 1 is 1.04 bits per heavy atom. The molecule has 130 valence electrons. The lowest BCUT2D eigenvalue weighted by Crippen LogP contribution is -2.53. The van der Waals surface area contributed by atoms with Crippen molar-refractivity contribution in [1.29, 1.82) is 0 Å². The number of halogens is 3. The van der Waals surface area contributed by atoms with Gasteiger partial charge in [-0.05, 0) is 24.3 Å². The summed E-state index contributed by atoms with van der Waals surface area (Å²) in [6, 6.07) is 13.7. The predicted octanol–water partition coefficient (Wildman–Crippen LogP) is 3.61. The highest BCUT2D eigenvalue weighted by Gasteiger charge is 2.54. The van der Waals surface area contributed by atoms with Gasteiger partial charge < -0.3 is 9.84 Å². The first-order valence-corrected chi connectivity index (χ1v) is 8.01. The Morgan fingerprint density at radius 2 is 1.71 bits per heavy atom. The molecule has 1 saturated heterocycles. The summed E-state index contributed by atoms with van der Waals surface area (Å²) in [6.45, 7) is 1.37. The highest BCUT2D eigenvalue weighted by Crippen LogP contribution is 2.38. The molecule has 0 saturated carbocycles. The van der Waals surface area contributed by atoms with Crippen LogP contribution in [0.15, 0.2) is 42.5 Å². The van der Waals surface area contributed by atoms with Crippen LogP contribution in [0.2, 0.25) is 0 Å². The van der Waals surface area contributed by atoms with Gasteiger partial charge in [0.2, 0.25) is 0 Å². The lowest BCUT2D eigenvalue weighted by molar-refractivity contribution is -0.272. The maximum absolute atomic E-state index is 12.8. The van der Waals surface area contributed by atoms with E-state index in [1.54, 1.807) is 0 Å². The predicted molar refractivity (Wildman–Crippen MR) is 86.1 cm³/mol. The van der Waals surface area contributed by atoms with Crippen LogP contribution in [0.3, 0.4) is 0 Å². The van der Waals surface area contributed by atoms with Crippen molar-refractivity contribution in [2.24, 2.45) is 0 Å². The summed E-state index contributed by atoms with van der Waals surface area (Å²) in [5.41, 5.74) is -2.54. The monoisotopic (exact) mass is 339 g/mol. The van der Waals surface area contributed by atoms with Crippen LogP contribution in [0.1, 0.15) is 12.8 Å². The average molecular weight is 339 g/mol. The van der Waals surface area contributed by atoms with E-state index in [4.69, 9.17) is 4.74 Å². The van der Waals surface area contributed by atoms with Crippen LogP contribution in [0, 0.1) is 0 Å². The molecule has 3 rings (SSSR count). The summed E-state index contributed by atoms with van der Waals surface area (Å²) < 4.78 is 44.2. The minimum atomic E-state index is -4.56. The molecular formula is C18H20F3NO2. The molecule has 3 nitrogen and oxygen atoms in total. The zero-order chi connectivity index (χ0) is 17.2. The fourth-order valence-electron chi connectivity index (χ4n) is 3.04. The van der Waals surface area contributed by atoms with Gasteiger partial charge in [0, 0.05) is 25.0 Å². The van der Waals surface area contributed by atoms with Crippen LogP contribution in [-0.4, -0.2) is 48.0 Å². The van der Waals surface area contributed by atoms with Crippen molar-refractivity contribution in [2.75, 3.05) is 26.2 Å². The number of likely N-dealkylation sites (tertiary alicyclic amines) is 1. The van der Waals surface area contributed by atoms with Crippen molar-refractivity contribution in [3.8, 4) is 5.75 Å². The third kappa shape index (κ3) is 3.49. The summed E-state index contributed by atoms with van der Waals surface area (Å²) in [4.78, 5) is 1.89. The maximum atomic E-state index is 12.8. The number of rotatable bonds is 4. The fourth-order valence-corrected chi connectivity index (χ4v) is 3.04. The first-order chi connectivity index (χ1) is 11.4. The Bertz CT molecular complexity index is 689. The Hall–Kier alpha value is -1.79. The van der Waals surface area contributed by atoms with E-state index >= 15 is 0 Å². The second kappa shape index (κ2) is 6.61. The van der Waals surface area contributed by atoms with Crippen molar-refractivity contribution in [3.05, 3.63) is 42.5 Å². The highest BCUT2D eigenvalue weighted by molar-refractivity contribution is 5.88. The van der Waals surface area contributed by atoms with E-state index in [9.17, 15) is 18.3 Å². The van der Waals surface area contributed by atoms with E-state index in [-0.39, 0.29) is 25.9 Å². The molecule has 2 aromatic rings. The average Bonchev–Trinajstić information content (AvgIpc) is 2.56. The van der Waals surface area contributed by atoms with Gasteiger partial charge in [-0.2, -0.15) is 13.2 Å². The fraction of sp³-hybridized carbons (Fsp3) is 0.444. The SMILES string of the molecule is OC1(C(F)(F)F)CCN(CCOc2cccc3ccccc23)CC1. The molecular weight excluding hydrogens is 319 g/mol. The quantitative estimate of drug-likeness (QED) is 0.924. The van der Waals surface area contributed by atoms with E-state index in [0.29, 0.717) is 13.2 Å². The molecule has 0 bridgehead atoms. The lowest BCUT2D eigenvalue weighted by atomic mass is 9.91. The molecule has 0 amide bonds. The number of ether oxygens (including phenoxy) is 1. The molecule has 6 heteroatoms. The molecule has 0 atom stereocenters. The summed E-state index contributed by atoms with van der Waals surface area (Å²) in [6.07, 6.45) is -5.13. The van der Waals surface area contributed by atoms with Gasteiger partial charge in [-0.15, -0.1) is 0 Å². The molecule has 0 aromatic heterocycles. The van der Waals surface area contributed by atoms with Crippen LogP contribution < -0.4 is 4.74 Å². The minimum Gasteiger partial charge on any atom is -0.492 e. The van der Waals surface area contributed by atoms with Gasteiger partial charge in [-0.25, -0.2) is 0 Å². The molecule has 0 aliphatic carbocycles. The number of alkyl halides is 3. The first kappa shape index (κ1) is 17.0. The zero-order valence-corrected chi connectivity index (χ0v) is 13.2. The number of hydrogen-bond acceptors (Lipinski definition) is 3. The second-order valence-electron chi connectivity index (χ2n) is 6.20. The molecule has 1 aliphatic rings. The zero-order valence-electron chi connectivity index (χ0n) is 13.2. The molecule has 24 heavy (non-hydrogen) atoms. The van der Waals surface area contributed by atoms with Crippen LogP contribution >= 0.6 is 0 Å². The van der Waals surface area contributed by atoms with Crippen molar-refractivity contribution < 1.29 is 23.0 Å². The first-order valence-electron chi connectivity index (χ1n) is 8.01. The number of fused-ring (bicyclic) bond motifs is 1. The van der Waals surface area contributed by atoms with Crippen LogP contribution in [0.25, 0.3) is 10.8 Å². The minimum absolute atomic E-state index is 0.217. The van der Waals surface area contributed by atoms with Crippen molar-refractivity contribution >= 4 is 10.8 Å². The standard InChI is InChI=1S/C18H20F3NO2/c19-18(20,21)17(23)8-10-22(11-9-17)12-13-24-16-7-3-5-14-4-1-2-6-15(14)16/h1-7,23H,8-13H2. The largest absolute Gasteiger partial charge is 0.492 e. The number of benzene rings is 2. The van der Waals surface area contributed by atoms with Crippen molar-refractivity contribution in [3.63, 3.8) is 0 Å². The summed E-state index contributed by atoms with van der Waals surface area (Å²) in [7, 11) is 0. The third-order valence-corrected chi connectivity index (χ3v) is 4.63.